The van der Waals surface area contributed by atoms with Gasteiger partial charge >= 0.3 is 0 Å². The van der Waals surface area contributed by atoms with Crippen molar-refractivity contribution in [2.45, 2.75) is 0 Å². The normalized spacial score (nSPS) is 11.3. The molecule has 4 rings (SSSR count). The maximum atomic E-state index is 13.1. The maximum Gasteiger partial charge on any atom is 0.260 e. The van der Waals surface area contributed by atoms with Crippen molar-refractivity contribution in [3.05, 3.63) is 101 Å². The minimum Gasteiger partial charge on any atom is -0.311 e. The molecule has 3 aromatic carbocycles. The van der Waals surface area contributed by atoms with Gasteiger partial charge in [0.1, 0.15) is 0 Å². The van der Waals surface area contributed by atoms with Gasteiger partial charge in [-0.25, -0.2) is 0 Å². The first-order valence-corrected chi connectivity index (χ1v) is 8.52. The summed E-state index contributed by atoms with van der Waals surface area (Å²) in [7, 11) is 1.81. The SMILES string of the molecule is Cn1c(=O)c(-c2ccccc2)c(N=Cc2ccccc2)c2ccccc21. The Morgan fingerprint density at radius 2 is 1.42 bits per heavy atom. The van der Waals surface area contributed by atoms with Crippen LogP contribution in [0.2, 0.25) is 0 Å². The predicted octanol–water partition coefficient (Wildman–Crippen LogP) is 4.96. The number of fused-ring (bicyclic) bond motifs is 1. The Labute approximate surface area is 151 Å². The van der Waals surface area contributed by atoms with Crippen molar-refractivity contribution in [1.29, 1.82) is 0 Å². The molecule has 126 valence electrons. The highest BCUT2D eigenvalue weighted by molar-refractivity contribution is 6.00. The van der Waals surface area contributed by atoms with E-state index in [-0.39, 0.29) is 5.56 Å². The Hall–Kier alpha value is -3.46. The Bertz CT molecular complexity index is 1140. The van der Waals surface area contributed by atoms with Crippen LogP contribution in [0.3, 0.4) is 0 Å². The number of para-hydroxylation sites is 1. The molecule has 0 atom stereocenters. The molecule has 0 spiro atoms. The fourth-order valence-electron chi connectivity index (χ4n) is 3.16. The lowest BCUT2D eigenvalue weighted by Crippen LogP contribution is -2.19. The van der Waals surface area contributed by atoms with E-state index < -0.39 is 0 Å². The van der Waals surface area contributed by atoms with Crippen LogP contribution in [0, 0.1) is 0 Å². The van der Waals surface area contributed by atoms with Crippen molar-refractivity contribution in [2.24, 2.45) is 12.0 Å². The molecule has 0 aliphatic rings. The van der Waals surface area contributed by atoms with Crippen LogP contribution in [-0.4, -0.2) is 10.8 Å². The number of pyridine rings is 1. The first kappa shape index (κ1) is 16.0. The monoisotopic (exact) mass is 338 g/mol. The molecule has 0 N–H and O–H groups in total. The molecule has 0 unspecified atom stereocenters. The third-order valence-electron chi connectivity index (χ3n) is 4.48. The lowest BCUT2D eigenvalue weighted by molar-refractivity contribution is 0.909. The number of nitrogens with zero attached hydrogens (tertiary/aromatic N) is 2. The molecule has 1 aromatic heterocycles. The van der Waals surface area contributed by atoms with Crippen LogP contribution < -0.4 is 5.56 Å². The van der Waals surface area contributed by atoms with Crippen LogP contribution >= 0.6 is 0 Å². The van der Waals surface area contributed by atoms with Gasteiger partial charge < -0.3 is 4.57 Å². The molecule has 0 radical (unpaired) electrons. The highest BCUT2D eigenvalue weighted by Gasteiger charge is 2.15. The van der Waals surface area contributed by atoms with E-state index in [1.54, 1.807) is 4.57 Å². The summed E-state index contributed by atoms with van der Waals surface area (Å²) in [5.74, 6) is 0. The minimum absolute atomic E-state index is 0.0462. The fraction of sp³-hybridized carbons (Fsp3) is 0.0435. The molecule has 0 fully saturated rings. The van der Waals surface area contributed by atoms with E-state index >= 15 is 0 Å². The smallest absolute Gasteiger partial charge is 0.260 e. The maximum absolute atomic E-state index is 13.1. The molecule has 0 bridgehead atoms. The molecule has 1 heterocycles. The highest BCUT2D eigenvalue weighted by atomic mass is 16.1. The number of aryl methyl sites for hydroxylation is 1. The van der Waals surface area contributed by atoms with Gasteiger partial charge in [-0.15, -0.1) is 0 Å². The summed E-state index contributed by atoms with van der Waals surface area (Å²) < 4.78 is 1.69. The van der Waals surface area contributed by atoms with Crippen molar-refractivity contribution in [3.63, 3.8) is 0 Å². The first-order chi connectivity index (χ1) is 12.8. The van der Waals surface area contributed by atoms with Gasteiger partial charge in [0.25, 0.3) is 5.56 Å². The third-order valence-corrected chi connectivity index (χ3v) is 4.48. The number of aliphatic imine (C=N–C) groups is 1. The summed E-state index contributed by atoms with van der Waals surface area (Å²) in [6, 6.07) is 27.5. The summed E-state index contributed by atoms with van der Waals surface area (Å²) in [5.41, 5.74) is 4.03. The van der Waals surface area contributed by atoms with Gasteiger partial charge in [-0.3, -0.25) is 9.79 Å². The number of aromatic nitrogens is 1. The van der Waals surface area contributed by atoms with Crippen molar-refractivity contribution < 1.29 is 0 Å². The zero-order chi connectivity index (χ0) is 17.9. The van der Waals surface area contributed by atoms with Crippen molar-refractivity contribution in [1.82, 2.24) is 4.57 Å². The van der Waals surface area contributed by atoms with Gasteiger partial charge in [-0.2, -0.15) is 0 Å². The number of benzene rings is 3. The van der Waals surface area contributed by atoms with Crippen LogP contribution in [0.25, 0.3) is 22.0 Å². The zero-order valence-electron chi connectivity index (χ0n) is 14.5. The lowest BCUT2D eigenvalue weighted by Gasteiger charge is -2.13. The molecular formula is C23H18N2O. The molecule has 0 amide bonds. The van der Waals surface area contributed by atoms with E-state index in [0.717, 1.165) is 22.0 Å². The quantitative estimate of drug-likeness (QED) is 0.486. The average Bonchev–Trinajstić information content (AvgIpc) is 2.71. The first-order valence-electron chi connectivity index (χ1n) is 8.52. The second-order valence-electron chi connectivity index (χ2n) is 6.14. The second kappa shape index (κ2) is 6.81. The van der Waals surface area contributed by atoms with E-state index in [2.05, 4.69) is 0 Å². The van der Waals surface area contributed by atoms with Gasteiger partial charge in [0.2, 0.25) is 0 Å². The van der Waals surface area contributed by atoms with E-state index in [0.29, 0.717) is 11.3 Å². The fourth-order valence-corrected chi connectivity index (χ4v) is 3.16. The summed E-state index contributed by atoms with van der Waals surface area (Å²) in [6.07, 6.45) is 1.81. The molecule has 3 nitrogen and oxygen atoms in total. The summed E-state index contributed by atoms with van der Waals surface area (Å²) in [6.45, 7) is 0. The number of hydrogen-bond donors (Lipinski definition) is 0. The molecule has 0 aliphatic heterocycles. The summed E-state index contributed by atoms with van der Waals surface area (Å²) in [4.78, 5) is 17.8. The number of hydrogen-bond acceptors (Lipinski definition) is 2. The van der Waals surface area contributed by atoms with E-state index in [9.17, 15) is 4.79 Å². The molecule has 0 saturated carbocycles. The number of rotatable bonds is 3. The molecule has 26 heavy (non-hydrogen) atoms. The lowest BCUT2D eigenvalue weighted by atomic mass is 10.0. The molecule has 3 heteroatoms. The standard InChI is InChI=1S/C23H18N2O/c1-25-20-15-9-8-14-19(20)22(24-16-17-10-4-2-5-11-17)21(23(25)26)18-12-6-3-7-13-18/h2-16H,1H3. The molecule has 4 aromatic rings. The largest absolute Gasteiger partial charge is 0.311 e. The topological polar surface area (TPSA) is 34.4 Å². The molecular weight excluding hydrogens is 320 g/mol. The Balaban J connectivity index is 2.04. The zero-order valence-corrected chi connectivity index (χ0v) is 14.5. The summed E-state index contributed by atoms with van der Waals surface area (Å²) in [5, 5.41) is 0.959. The van der Waals surface area contributed by atoms with E-state index in [4.69, 9.17) is 4.99 Å². The molecule has 0 saturated heterocycles. The van der Waals surface area contributed by atoms with Gasteiger partial charge in [0.05, 0.1) is 16.8 Å². The Morgan fingerprint density at radius 3 is 2.15 bits per heavy atom. The molecule has 0 aliphatic carbocycles. The van der Waals surface area contributed by atoms with Crippen LogP contribution in [0.1, 0.15) is 5.56 Å². The van der Waals surface area contributed by atoms with E-state index in [1.165, 1.54) is 0 Å². The van der Waals surface area contributed by atoms with Crippen molar-refractivity contribution >= 4 is 22.8 Å². The second-order valence-corrected chi connectivity index (χ2v) is 6.14. The van der Waals surface area contributed by atoms with Gasteiger partial charge in [-0.05, 0) is 17.2 Å². The van der Waals surface area contributed by atoms with Crippen molar-refractivity contribution in [3.8, 4) is 11.1 Å². The van der Waals surface area contributed by atoms with Gasteiger partial charge in [0, 0.05) is 18.6 Å². The highest BCUT2D eigenvalue weighted by Crippen LogP contribution is 2.34. The Morgan fingerprint density at radius 1 is 0.808 bits per heavy atom. The van der Waals surface area contributed by atoms with Crippen LogP contribution in [0.15, 0.2) is 94.7 Å². The van der Waals surface area contributed by atoms with E-state index in [1.807, 2.05) is 98.2 Å². The summed E-state index contributed by atoms with van der Waals surface area (Å²) >= 11 is 0. The average molecular weight is 338 g/mol. The minimum atomic E-state index is -0.0462. The Kier molecular flexibility index (Phi) is 4.20. The van der Waals surface area contributed by atoms with Crippen LogP contribution in [0.4, 0.5) is 5.69 Å². The predicted molar refractivity (Wildman–Crippen MR) is 108 cm³/mol. The van der Waals surface area contributed by atoms with Gasteiger partial charge in [-0.1, -0.05) is 78.9 Å². The van der Waals surface area contributed by atoms with Crippen molar-refractivity contribution in [2.75, 3.05) is 0 Å². The van der Waals surface area contributed by atoms with Gasteiger partial charge in [0.15, 0.2) is 0 Å². The third kappa shape index (κ3) is 2.84. The van der Waals surface area contributed by atoms with Crippen LogP contribution in [0.5, 0.6) is 0 Å². The van der Waals surface area contributed by atoms with Crippen LogP contribution in [-0.2, 0) is 7.05 Å².